The van der Waals surface area contributed by atoms with E-state index in [0.29, 0.717) is 13.0 Å². The van der Waals surface area contributed by atoms with Gasteiger partial charge in [-0.25, -0.2) is 0 Å². The highest BCUT2D eigenvalue weighted by Gasteiger charge is 2.11. The van der Waals surface area contributed by atoms with Gasteiger partial charge in [-0.05, 0) is 13.3 Å². The van der Waals surface area contributed by atoms with Gasteiger partial charge in [0.1, 0.15) is 0 Å². The summed E-state index contributed by atoms with van der Waals surface area (Å²) in [7, 11) is 1.79. The highest BCUT2D eigenvalue weighted by atomic mass is 16.2. The van der Waals surface area contributed by atoms with E-state index in [4.69, 9.17) is 5.26 Å². The van der Waals surface area contributed by atoms with Gasteiger partial charge in [0.2, 0.25) is 5.91 Å². The number of nitriles is 1. The van der Waals surface area contributed by atoms with E-state index in [9.17, 15) is 4.79 Å². The van der Waals surface area contributed by atoms with Crippen molar-refractivity contribution in [2.45, 2.75) is 65.2 Å². The molecule has 0 bridgehead atoms. The lowest BCUT2D eigenvalue weighted by molar-refractivity contribution is -0.130. The summed E-state index contributed by atoms with van der Waals surface area (Å²) in [6, 6.07) is 2.15. The average Bonchev–Trinajstić information content (AvgIpc) is 2.37. The van der Waals surface area contributed by atoms with Gasteiger partial charge in [0.15, 0.2) is 0 Å². The van der Waals surface area contributed by atoms with Crippen LogP contribution in [-0.2, 0) is 4.79 Å². The van der Waals surface area contributed by atoms with Crippen molar-refractivity contribution >= 4 is 5.91 Å². The predicted octanol–water partition coefficient (Wildman–Crippen LogP) is 3.75. The summed E-state index contributed by atoms with van der Waals surface area (Å²) in [6.45, 7) is 4.61. The molecule has 0 fully saturated rings. The monoisotopic (exact) mass is 252 g/mol. The molecule has 0 aliphatic heterocycles. The van der Waals surface area contributed by atoms with Crippen molar-refractivity contribution in [2.75, 3.05) is 13.6 Å². The van der Waals surface area contributed by atoms with E-state index >= 15 is 0 Å². The fourth-order valence-electron chi connectivity index (χ4n) is 1.98. The van der Waals surface area contributed by atoms with Crippen LogP contribution < -0.4 is 0 Å². The zero-order valence-corrected chi connectivity index (χ0v) is 12.2. The van der Waals surface area contributed by atoms with Gasteiger partial charge in [-0.1, -0.05) is 45.4 Å². The maximum Gasteiger partial charge on any atom is 0.222 e. The van der Waals surface area contributed by atoms with Crippen LogP contribution in [-0.4, -0.2) is 24.4 Å². The molecule has 0 aromatic rings. The molecule has 0 aliphatic carbocycles. The maximum absolute atomic E-state index is 11.7. The minimum absolute atomic E-state index is 0.0759. The van der Waals surface area contributed by atoms with Gasteiger partial charge in [0.25, 0.3) is 0 Å². The summed E-state index contributed by atoms with van der Waals surface area (Å²) in [5, 5.41) is 8.69. The Hall–Kier alpha value is -1.04. The number of amides is 1. The number of unbranched alkanes of at least 4 members (excludes halogenated alkanes) is 6. The van der Waals surface area contributed by atoms with Gasteiger partial charge in [-0.15, -0.1) is 0 Å². The summed E-state index contributed by atoms with van der Waals surface area (Å²) < 4.78 is 0. The van der Waals surface area contributed by atoms with Crippen LogP contribution in [0, 0.1) is 17.2 Å². The molecule has 0 saturated carbocycles. The molecule has 1 unspecified atom stereocenters. The van der Waals surface area contributed by atoms with E-state index in [0.717, 1.165) is 12.8 Å². The van der Waals surface area contributed by atoms with E-state index in [1.54, 1.807) is 11.9 Å². The molecular formula is C15H28N2O. The number of carbonyl (C=O) groups excluding carboxylic acids is 1. The third-order valence-electron chi connectivity index (χ3n) is 3.19. The molecule has 18 heavy (non-hydrogen) atoms. The molecule has 0 saturated heterocycles. The number of carbonyl (C=O) groups is 1. The van der Waals surface area contributed by atoms with Crippen molar-refractivity contribution in [3.8, 4) is 6.07 Å². The summed E-state index contributed by atoms with van der Waals surface area (Å²) in [5.41, 5.74) is 0. The van der Waals surface area contributed by atoms with Crippen LogP contribution in [0.4, 0.5) is 0 Å². The third-order valence-corrected chi connectivity index (χ3v) is 3.19. The van der Waals surface area contributed by atoms with Crippen molar-refractivity contribution in [1.82, 2.24) is 4.90 Å². The first-order valence-corrected chi connectivity index (χ1v) is 7.25. The predicted molar refractivity (Wildman–Crippen MR) is 75.0 cm³/mol. The summed E-state index contributed by atoms with van der Waals surface area (Å²) in [4.78, 5) is 13.4. The number of hydrogen-bond acceptors (Lipinski definition) is 2. The van der Waals surface area contributed by atoms with Gasteiger partial charge in [0, 0.05) is 20.0 Å². The fraction of sp³-hybridized carbons (Fsp3) is 0.867. The zero-order valence-electron chi connectivity index (χ0n) is 12.2. The highest BCUT2D eigenvalue weighted by Crippen LogP contribution is 2.09. The second-order valence-electron chi connectivity index (χ2n) is 5.18. The molecule has 0 aromatic carbocycles. The van der Waals surface area contributed by atoms with Crippen molar-refractivity contribution in [2.24, 2.45) is 5.92 Å². The van der Waals surface area contributed by atoms with E-state index in [1.807, 2.05) is 6.92 Å². The Morgan fingerprint density at radius 3 is 2.28 bits per heavy atom. The van der Waals surface area contributed by atoms with Gasteiger partial charge in [-0.2, -0.15) is 5.26 Å². The molecule has 0 heterocycles. The molecule has 0 N–H and O–H groups in total. The van der Waals surface area contributed by atoms with Crippen molar-refractivity contribution in [3.05, 3.63) is 0 Å². The molecule has 1 atom stereocenters. The Balaban J connectivity index is 3.50. The van der Waals surface area contributed by atoms with Crippen LogP contribution in [0.2, 0.25) is 0 Å². The molecule has 104 valence electrons. The minimum Gasteiger partial charge on any atom is -0.344 e. The zero-order chi connectivity index (χ0) is 13.8. The van der Waals surface area contributed by atoms with Crippen LogP contribution >= 0.6 is 0 Å². The first-order chi connectivity index (χ1) is 8.61. The number of hydrogen-bond donors (Lipinski definition) is 0. The van der Waals surface area contributed by atoms with Crippen molar-refractivity contribution < 1.29 is 4.79 Å². The van der Waals surface area contributed by atoms with Crippen LogP contribution in [0.5, 0.6) is 0 Å². The summed E-state index contributed by atoms with van der Waals surface area (Å²) in [5.74, 6) is 0.0960. The molecule has 0 rings (SSSR count). The second-order valence-corrected chi connectivity index (χ2v) is 5.18. The lowest BCUT2D eigenvalue weighted by Crippen LogP contribution is -2.30. The van der Waals surface area contributed by atoms with Crippen molar-refractivity contribution in [1.29, 1.82) is 5.26 Å². The Kier molecular flexibility index (Phi) is 10.4. The first kappa shape index (κ1) is 17.0. The van der Waals surface area contributed by atoms with Gasteiger partial charge in [0.05, 0.1) is 12.0 Å². The normalized spacial score (nSPS) is 11.9. The number of rotatable bonds is 10. The molecular weight excluding hydrogens is 224 g/mol. The Bertz CT molecular complexity index is 258. The number of nitrogens with zero attached hydrogens (tertiary/aromatic N) is 2. The van der Waals surface area contributed by atoms with Crippen LogP contribution in [0.1, 0.15) is 65.2 Å². The minimum atomic E-state index is -0.0759. The molecule has 3 heteroatoms. The fourth-order valence-corrected chi connectivity index (χ4v) is 1.98. The molecule has 0 aromatic heterocycles. The smallest absolute Gasteiger partial charge is 0.222 e. The van der Waals surface area contributed by atoms with Crippen molar-refractivity contribution in [3.63, 3.8) is 0 Å². The van der Waals surface area contributed by atoms with Gasteiger partial charge in [-0.3, -0.25) is 4.79 Å². The molecule has 0 spiro atoms. The second kappa shape index (κ2) is 11.1. The largest absolute Gasteiger partial charge is 0.344 e. The summed E-state index contributed by atoms with van der Waals surface area (Å²) >= 11 is 0. The van der Waals surface area contributed by atoms with Crippen LogP contribution in [0.15, 0.2) is 0 Å². The topological polar surface area (TPSA) is 44.1 Å². The quantitative estimate of drug-likeness (QED) is 0.556. The van der Waals surface area contributed by atoms with Gasteiger partial charge < -0.3 is 4.90 Å². The standard InChI is InChI=1S/C15H28N2O/c1-4-5-6-7-8-9-10-11-15(18)17(3)13-14(2)12-16/h14H,4-11,13H2,1-3H3. The molecule has 0 aliphatic rings. The third kappa shape index (κ3) is 9.04. The van der Waals surface area contributed by atoms with Crippen LogP contribution in [0.25, 0.3) is 0 Å². The van der Waals surface area contributed by atoms with E-state index < -0.39 is 0 Å². The van der Waals surface area contributed by atoms with E-state index in [2.05, 4.69) is 13.0 Å². The average molecular weight is 252 g/mol. The first-order valence-electron chi connectivity index (χ1n) is 7.25. The van der Waals surface area contributed by atoms with E-state index in [-0.39, 0.29) is 11.8 Å². The molecule has 1 amide bonds. The highest BCUT2D eigenvalue weighted by molar-refractivity contribution is 5.75. The Morgan fingerprint density at radius 2 is 1.72 bits per heavy atom. The van der Waals surface area contributed by atoms with Crippen LogP contribution in [0.3, 0.4) is 0 Å². The Labute approximate surface area is 112 Å². The van der Waals surface area contributed by atoms with Gasteiger partial charge >= 0.3 is 0 Å². The SMILES string of the molecule is CCCCCCCCCC(=O)N(C)CC(C)C#N. The molecule has 0 radical (unpaired) electrons. The van der Waals surface area contributed by atoms with E-state index in [1.165, 1.54) is 32.1 Å². The lowest BCUT2D eigenvalue weighted by Gasteiger charge is -2.18. The lowest BCUT2D eigenvalue weighted by atomic mass is 10.1. The molecule has 3 nitrogen and oxygen atoms in total. The Morgan fingerprint density at radius 1 is 1.17 bits per heavy atom. The summed E-state index contributed by atoms with van der Waals surface area (Å²) in [6.07, 6.45) is 9.22. The maximum atomic E-state index is 11.7.